The van der Waals surface area contributed by atoms with Gasteiger partial charge < -0.3 is 0 Å². The first-order valence-electron chi connectivity index (χ1n) is 4.69. The third kappa shape index (κ3) is 1.51. The van der Waals surface area contributed by atoms with Gasteiger partial charge in [-0.05, 0) is 17.5 Å². The standard InChI is InChI=1S/C12H8N2S/c1-2-5-10-9(4-1)8-13-12(14-10)11-6-3-7-15-11/h1-8H. The van der Waals surface area contributed by atoms with Crippen LogP contribution in [0.2, 0.25) is 0 Å². The molecule has 0 unspecified atom stereocenters. The minimum atomic E-state index is 0.809. The third-order valence-electron chi connectivity index (χ3n) is 2.23. The highest BCUT2D eigenvalue weighted by Crippen LogP contribution is 2.22. The van der Waals surface area contributed by atoms with E-state index in [2.05, 4.69) is 9.97 Å². The van der Waals surface area contributed by atoms with E-state index >= 15 is 0 Å². The normalized spacial score (nSPS) is 10.7. The lowest BCUT2D eigenvalue weighted by molar-refractivity contribution is 1.24. The van der Waals surface area contributed by atoms with Crippen LogP contribution in [-0.4, -0.2) is 9.97 Å². The van der Waals surface area contributed by atoms with Crippen LogP contribution in [0.15, 0.2) is 48.0 Å². The predicted octanol–water partition coefficient (Wildman–Crippen LogP) is 3.36. The Morgan fingerprint density at radius 1 is 1.00 bits per heavy atom. The number of thiophene rings is 1. The molecule has 72 valence electrons. The van der Waals surface area contributed by atoms with Crippen molar-refractivity contribution in [2.24, 2.45) is 0 Å². The second-order valence-corrected chi connectivity index (χ2v) is 4.18. The highest BCUT2D eigenvalue weighted by molar-refractivity contribution is 7.13. The SMILES string of the molecule is c1csc(-c2ncc3ccccc3n2)c1. The Kier molecular flexibility index (Phi) is 1.96. The molecule has 0 amide bonds. The Balaban J connectivity index is 2.22. The second kappa shape index (κ2) is 3.44. The van der Waals surface area contributed by atoms with Crippen molar-refractivity contribution in [2.45, 2.75) is 0 Å². The zero-order valence-electron chi connectivity index (χ0n) is 7.92. The molecule has 1 aromatic carbocycles. The van der Waals surface area contributed by atoms with Crippen molar-refractivity contribution in [1.29, 1.82) is 0 Å². The van der Waals surface area contributed by atoms with Crippen molar-refractivity contribution in [3.8, 4) is 10.7 Å². The summed E-state index contributed by atoms with van der Waals surface area (Å²) < 4.78 is 0. The largest absolute Gasteiger partial charge is 0.235 e. The van der Waals surface area contributed by atoms with Crippen molar-refractivity contribution in [1.82, 2.24) is 9.97 Å². The van der Waals surface area contributed by atoms with E-state index in [0.717, 1.165) is 21.6 Å². The van der Waals surface area contributed by atoms with Crippen LogP contribution < -0.4 is 0 Å². The molecular weight excluding hydrogens is 204 g/mol. The summed E-state index contributed by atoms with van der Waals surface area (Å²) >= 11 is 1.66. The van der Waals surface area contributed by atoms with Crippen molar-refractivity contribution in [3.05, 3.63) is 48.0 Å². The summed E-state index contributed by atoms with van der Waals surface area (Å²) in [5.41, 5.74) is 0.996. The third-order valence-corrected chi connectivity index (χ3v) is 3.10. The number of hydrogen-bond donors (Lipinski definition) is 0. The molecule has 3 rings (SSSR count). The van der Waals surface area contributed by atoms with Gasteiger partial charge in [-0.3, -0.25) is 0 Å². The molecule has 0 fully saturated rings. The Morgan fingerprint density at radius 2 is 1.93 bits per heavy atom. The van der Waals surface area contributed by atoms with E-state index in [1.165, 1.54) is 0 Å². The molecule has 3 aromatic rings. The number of fused-ring (bicyclic) bond motifs is 1. The van der Waals surface area contributed by atoms with Crippen molar-refractivity contribution >= 4 is 22.2 Å². The zero-order chi connectivity index (χ0) is 10.1. The summed E-state index contributed by atoms with van der Waals surface area (Å²) in [6.07, 6.45) is 1.87. The minimum Gasteiger partial charge on any atom is -0.235 e. The quantitative estimate of drug-likeness (QED) is 0.618. The van der Waals surface area contributed by atoms with Gasteiger partial charge in [0.1, 0.15) is 0 Å². The summed E-state index contributed by atoms with van der Waals surface area (Å²) in [4.78, 5) is 9.98. The molecule has 0 aliphatic rings. The van der Waals surface area contributed by atoms with Gasteiger partial charge in [0, 0.05) is 11.6 Å². The summed E-state index contributed by atoms with van der Waals surface area (Å²) in [7, 11) is 0. The van der Waals surface area contributed by atoms with Gasteiger partial charge >= 0.3 is 0 Å². The van der Waals surface area contributed by atoms with Crippen molar-refractivity contribution in [3.63, 3.8) is 0 Å². The van der Waals surface area contributed by atoms with Crippen molar-refractivity contribution in [2.75, 3.05) is 0 Å². The van der Waals surface area contributed by atoms with E-state index in [1.807, 2.05) is 48.0 Å². The predicted molar refractivity (Wildman–Crippen MR) is 62.9 cm³/mol. The maximum absolute atomic E-state index is 4.52. The lowest BCUT2D eigenvalue weighted by atomic mass is 10.2. The molecule has 2 heterocycles. The molecule has 0 atom stereocenters. The van der Waals surface area contributed by atoms with E-state index in [-0.39, 0.29) is 0 Å². The van der Waals surface area contributed by atoms with Gasteiger partial charge in [0.05, 0.1) is 10.4 Å². The first-order chi connectivity index (χ1) is 7.43. The number of hydrogen-bond acceptors (Lipinski definition) is 3. The van der Waals surface area contributed by atoms with Gasteiger partial charge in [-0.1, -0.05) is 24.3 Å². The Bertz CT molecular complexity index is 587. The highest BCUT2D eigenvalue weighted by atomic mass is 32.1. The number of rotatable bonds is 1. The van der Waals surface area contributed by atoms with Crippen LogP contribution in [0, 0.1) is 0 Å². The average molecular weight is 212 g/mol. The summed E-state index contributed by atoms with van der Waals surface area (Å²) in [5.74, 6) is 0.809. The van der Waals surface area contributed by atoms with Gasteiger partial charge in [-0.25, -0.2) is 9.97 Å². The Hall–Kier alpha value is -1.74. The molecular formula is C12H8N2S. The molecule has 0 N–H and O–H groups in total. The van der Waals surface area contributed by atoms with E-state index < -0.39 is 0 Å². The lowest BCUT2D eigenvalue weighted by Crippen LogP contribution is -1.86. The molecule has 2 aromatic heterocycles. The highest BCUT2D eigenvalue weighted by Gasteiger charge is 2.02. The Labute approximate surface area is 91.2 Å². The molecule has 0 saturated carbocycles. The van der Waals surface area contributed by atoms with Crippen LogP contribution >= 0.6 is 11.3 Å². The average Bonchev–Trinajstić information content (AvgIpc) is 2.82. The Morgan fingerprint density at radius 3 is 2.80 bits per heavy atom. The molecule has 2 nitrogen and oxygen atoms in total. The second-order valence-electron chi connectivity index (χ2n) is 3.23. The molecule has 0 saturated heterocycles. The first-order valence-corrected chi connectivity index (χ1v) is 5.57. The fourth-order valence-corrected chi connectivity index (χ4v) is 2.16. The van der Waals surface area contributed by atoms with Gasteiger partial charge in [0.25, 0.3) is 0 Å². The monoisotopic (exact) mass is 212 g/mol. The smallest absolute Gasteiger partial charge is 0.169 e. The fraction of sp³-hybridized carbons (Fsp3) is 0. The maximum Gasteiger partial charge on any atom is 0.169 e. The van der Waals surface area contributed by atoms with Crippen LogP contribution in [0.3, 0.4) is 0 Å². The summed E-state index contributed by atoms with van der Waals surface area (Å²) in [6, 6.07) is 12.1. The molecule has 0 spiro atoms. The molecule has 0 aliphatic heterocycles. The minimum absolute atomic E-state index is 0.809. The van der Waals surface area contributed by atoms with Gasteiger partial charge in [-0.2, -0.15) is 0 Å². The van der Waals surface area contributed by atoms with Crippen LogP contribution in [-0.2, 0) is 0 Å². The number of para-hydroxylation sites is 1. The van der Waals surface area contributed by atoms with Crippen LogP contribution in [0.1, 0.15) is 0 Å². The molecule has 15 heavy (non-hydrogen) atoms. The molecule has 0 bridgehead atoms. The fourth-order valence-electron chi connectivity index (χ4n) is 1.50. The molecule has 0 aliphatic carbocycles. The number of nitrogens with zero attached hydrogens (tertiary/aromatic N) is 2. The zero-order valence-corrected chi connectivity index (χ0v) is 8.74. The molecule has 3 heteroatoms. The van der Waals surface area contributed by atoms with Crippen LogP contribution in [0.25, 0.3) is 21.6 Å². The number of benzene rings is 1. The van der Waals surface area contributed by atoms with E-state index in [1.54, 1.807) is 11.3 Å². The van der Waals surface area contributed by atoms with Gasteiger partial charge in [0.2, 0.25) is 0 Å². The van der Waals surface area contributed by atoms with E-state index in [0.29, 0.717) is 0 Å². The first kappa shape index (κ1) is 8.56. The topological polar surface area (TPSA) is 25.8 Å². The van der Waals surface area contributed by atoms with Crippen molar-refractivity contribution < 1.29 is 0 Å². The van der Waals surface area contributed by atoms with Gasteiger partial charge in [0.15, 0.2) is 5.82 Å². The van der Waals surface area contributed by atoms with Crippen LogP contribution in [0.4, 0.5) is 0 Å². The summed E-state index contributed by atoms with van der Waals surface area (Å²) in [6.45, 7) is 0. The maximum atomic E-state index is 4.52. The molecule has 0 radical (unpaired) electrons. The van der Waals surface area contributed by atoms with Crippen LogP contribution in [0.5, 0.6) is 0 Å². The summed E-state index contributed by atoms with van der Waals surface area (Å²) in [5, 5.41) is 3.12. The number of aromatic nitrogens is 2. The lowest BCUT2D eigenvalue weighted by Gasteiger charge is -1.98. The van der Waals surface area contributed by atoms with Gasteiger partial charge in [-0.15, -0.1) is 11.3 Å². The van der Waals surface area contributed by atoms with E-state index in [4.69, 9.17) is 0 Å². The van der Waals surface area contributed by atoms with E-state index in [9.17, 15) is 0 Å².